The van der Waals surface area contributed by atoms with Crippen LogP contribution in [0.3, 0.4) is 0 Å². The van der Waals surface area contributed by atoms with Gasteiger partial charge in [-0.15, -0.1) is 0 Å². The molecule has 0 saturated heterocycles. The molecule has 0 unspecified atom stereocenters. The van der Waals surface area contributed by atoms with Crippen LogP contribution in [0.2, 0.25) is 0 Å². The zero-order valence-corrected chi connectivity index (χ0v) is 15.4. The Morgan fingerprint density at radius 3 is 2.14 bits per heavy atom. The molecule has 22 heavy (non-hydrogen) atoms. The zero-order chi connectivity index (χ0) is 16.6. The summed E-state index contributed by atoms with van der Waals surface area (Å²) in [4.78, 5) is 0. The highest BCUT2D eigenvalue weighted by Gasteiger charge is 2.43. The Labute approximate surface area is 135 Å². The summed E-state index contributed by atoms with van der Waals surface area (Å²) in [6.07, 6.45) is 0.989. The maximum absolute atomic E-state index is 4.46. The second-order valence-corrected chi connectivity index (χ2v) is 8.63. The van der Waals surface area contributed by atoms with Gasteiger partial charge in [0.05, 0.1) is 5.54 Å². The molecule has 1 nitrogen and oxygen atoms in total. The van der Waals surface area contributed by atoms with Gasteiger partial charge in [-0.3, -0.25) is 0 Å². The van der Waals surface area contributed by atoms with Crippen molar-refractivity contribution in [1.29, 1.82) is 0 Å². The number of hydrogen-bond donors (Lipinski definition) is 1. The lowest BCUT2D eigenvalue weighted by Gasteiger charge is -2.36. The predicted octanol–water partition coefficient (Wildman–Crippen LogP) is 5.73. The van der Waals surface area contributed by atoms with Gasteiger partial charge in [0, 0.05) is 11.3 Å². The van der Waals surface area contributed by atoms with Crippen molar-refractivity contribution in [3.05, 3.63) is 45.5 Å². The zero-order valence-electron chi connectivity index (χ0n) is 15.4. The third kappa shape index (κ3) is 1.84. The van der Waals surface area contributed by atoms with E-state index in [0.717, 1.165) is 6.42 Å². The Morgan fingerprint density at radius 1 is 1.00 bits per heavy atom. The number of hydrogen-bond acceptors (Lipinski definition) is 1. The Hall–Kier alpha value is -1.50. The number of anilines is 1. The summed E-state index contributed by atoms with van der Waals surface area (Å²) in [6, 6.07) is 0. The first kappa shape index (κ1) is 15.4. The third-order valence-corrected chi connectivity index (χ3v) is 5.56. The van der Waals surface area contributed by atoms with Gasteiger partial charge in [0.2, 0.25) is 0 Å². The van der Waals surface area contributed by atoms with Gasteiger partial charge in [0.25, 0.3) is 0 Å². The van der Waals surface area contributed by atoms with Gasteiger partial charge >= 0.3 is 0 Å². The molecular formula is C21H29N. The van der Waals surface area contributed by atoms with Gasteiger partial charge in [0.1, 0.15) is 0 Å². The number of rotatable bonds is 0. The molecule has 0 bridgehead atoms. The molecule has 0 aromatic heterocycles. The molecule has 1 aliphatic heterocycles. The summed E-state index contributed by atoms with van der Waals surface area (Å²) in [5, 5.41) is 3.82. The first-order valence-electron chi connectivity index (χ1n) is 8.31. The highest BCUT2D eigenvalue weighted by molar-refractivity contribution is 5.98. The molecule has 118 valence electrons. The van der Waals surface area contributed by atoms with Crippen molar-refractivity contribution in [1.82, 2.24) is 0 Å². The molecule has 1 aromatic rings. The fourth-order valence-corrected chi connectivity index (χ4v) is 4.38. The molecular weight excluding hydrogens is 266 g/mol. The van der Waals surface area contributed by atoms with Gasteiger partial charge in [-0.2, -0.15) is 0 Å². The summed E-state index contributed by atoms with van der Waals surface area (Å²) in [6.45, 7) is 22.8. The van der Waals surface area contributed by atoms with Crippen LogP contribution in [0.4, 0.5) is 5.69 Å². The van der Waals surface area contributed by atoms with Crippen molar-refractivity contribution in [2.75, 3.05) is 5.32 Å². The van der Waals surface area contributed by atoms with E-state index in [0.29, 0.717) is 0 Å². The first-order valence-corrected chi connectivity index (χ1v) is 8.31. The SMILES string of the molecule is C=C1Cc2c(C)c(C)c(C)c3c2C(=C1C(C)(C)C)C(C)(C)N3. The molecule has 0 radical (unpaired) electrons. The third-order valence-electron chi connectivity index (χ3n) is 5.56. The quantitative estimate of drug-likeness (QED) is 0.644. The lowest BCUT2D eigenvalue weighted by atomic mass is 9.68. The minimum atomic E-state index is -0.0337. The molecule has 0 amide bonds. The monoisotopic (exact) mass is 295 g/mol. The van der Waals surface area contributed by atoms with Gasteiger partial charge in [0.15, 0.2) is 0 Å². The molecule has 0 fully saturated rings. The maximum Gasteiger partial charge on any atom is 0.0579 e. The molecule has 1 N–H and O–H groups in total. The number of allylic oxidation sites excluding steroid dienone is 2. The van der Waals surface area contributed by atoms with Crippen molar-refractivity contribution >= 4 is 11.3 Å². The van der Waals surface area contributed by atoms with Gasteiger partial charge in [-0.1, -0.05) is 27.4 Å². The van der Waals surface area contributed by atoms with E-state index in [1.165, 1.54) is 50.2 Å². The van der Waals surface area contributed by atoms with E-state index in [9.17, 15) is 0 Å². The van der Waals surface area contributed by atoms with Crippen molar-refractivity contribution in [2.24, 2.45) is 5.41 Å². The minimum absolute atomic E-state index is 0.0337. The van der Waals surface area contributed by atoms with Crippen LogP contribution in [0, 0.1) is 26.2 Å². The van der Waals surface area contributed by atoms with Crippen LogP contribution >= 0.6 is 0 Å². The van der Waals surface area contributed by atoms with Crippen molar-refractivity contribution in [3.63, 3.8) is 0 Å². The smallest absolute Gasteiger partial charge is 0.0579 e. The fourth-order valence-electron chi connectivity index (χ4n) is 4.38. The molecule has 1 aliphatic carbocycles. The predicted molar refractivity (Wildman–Crippen MR) is 97.6 cm³/mol. The molecule has 1 aromatic carbocycles. The summed E-state index contributed by atoms with van der Waals surface area (Å²) < 4.78 is 0. The molecule has 3 rings (SSSR count). The molecule has 1 heteroatoms. The number of nitrogens with one attached hydrogen (secondary N) is 1. The number of benzene rings is 1. The van der Waals surface area contributed by atoms with Gasteiger partial charge in [-0.25, -0.2) is 0 Å². The van der Waals surface area contributed by atoms with Crippen molar-refractivity contribution in [3.8, 4) is 0 Å². The van der Waals surface area contributed by atoms with Crippen LogP contribution in [0.1, 0.15) is 62.4 Å². The van der Waals surface area contributed by atoms with E-state index in [2.05, 4.69) is 67.3 Å². The molecule has 0 atom stereocenters. The highest BCUT2D eigenvalue weighted by atomic mass is 15.0. The maximum atomic E-state index is 4.46. The summed E-state index contributed by atoms with van der Waals surface area (Å²) in [7, 11) is 0. The normalized spacial score (nSPS) is 19.4. The highest BCUT2D eigenvalue weighted by Crippen LogP contribution is 2.55. The average Bonchev–Trinajstić information content (AvgIpc) is 2.65. The Morgan fingerprint density at radius 2 is 1.59 bits per heavy atom. The Balaban J connectivity index is 2.50. The van der Waals surface area contributed by atoms with Crippen LogP contribution in [0.5, 0.6) is 0 Å². The van der Waals surface area contributed by atoms with Crippen molar-refractivity contribution in [2.45, 2.75) is 67.3 Å². The molecule has 0 saturated carbocycles. The van der Waals surface area contributed by atoms with Gasteiger partial charge in [-0.05, 0) is 85.4 Å². The van der Waals surface area contributed by atoms with Crippen LogP contribution in [0.15, 0.2) is 17.7 Å². The van der Waals surface area contributed by atoms with Gasteiger partial charge < -0.3 is 5.32 Å². The average molecular weight is 295 g/mol. The molecule has 1 heterocycles. The minimum Gasteiger partial charge on any atom is -0.375 e. The van der Waals surface area contributed by atoms with Crippen LogP contribution < -0.4 is 5.32 Å². The second kappa shape index (κ2) is 4.28. The molecule has 2 aliphatic rings. The topological polar surface area (TPSA) is 12.0 Å². The first-order chi connectivity index (χ1) is 9.97. The van der Waals surface area contributed by atoms with E-state index >= 15 is 0 Å². The Kier molecular flexibility index (Phi) is 2.99. The largest absolute Gasteiger partial charge is 0.375 e. The summed E-state index contributed by atoms with van der Waals surface area (Å²) in [5.41, 5.74) is 12.9. The summed E-state index contributed by atoms with van der Waals surface area (Å²) >= 11 is 0. The standard InChI is InChI=1S/C21H29N/c1-11-10-15-13(3)12(2)14(4)19-16(15)18(21(8,9)22-19)17(11)20(5,6)7/h22H,1,10H2,2-9H3. The van der Waals surface area contributed by atoms with Crippen molar-refractivity contribution < 1.29 is 0 Å². The van der Waals surface area contributed by atoms with E-state index in [4.69, 9.17) is 0 Å². The van der Waals surface area contributed by atoms with Crippen LogP contribution in [-0.4, -0.2) is 5.54 Å². The van der Waals surface area contributed by atoms with E-state index in [1.807, 2.05) is 0 Å². The second-order valence-electron chi connectivity index (χ2n) is 8.63. The Bertz CT molecular complexity index is 736. The molecule has 0 spiro atoms. The summed E-state index contributed by atoms with van der Waals surface area (Å²) in [5.74, 6) is 0. The van der Waals surface area contributed by atoms with Crippen LogP contribution in [0.25, 0.3) is 5.57 Å². The van der Waals surface area contributed by atoms with E-state index in [1.54, 1.807) is 0 Å². The van der Waals surface area contributed by atoms with Crippen LogP contribution in [-0.2, 0) is 6.42 Å². The van der Waals surface area contributed by atoms with E-state index in [-0.39, 0.29) is 11.0 Å². The van der Waals surface area contributed by atoms with E-state index < -0.39 is 0 Å². The fraction of sp³-hybridized carbons (Fsp3) is 0.524. The lowest BCUT2D eigenvalue weighted by Crippen LogP contribution is -2.31. The lowest BCUT2D eigenvalue weighted by molar-refractivity contribution is 0.503.